The maximum absolute atomic E-state index is 13.3. The molecule has 1 heterocycles. The van der Waals surface area contributed by atoms with E-state index in [0.29, 0.717) is 17.5 Å². The molecule has 0 saturated carbocycles. The van der Waals surface area contributed by atoms with Gasteiger partial charge in [0.1, 0.15) is 11.6 Å². The van der Waals surface area contributed by atoms with E-state index in [2.05, 4.69) is 24.1 Å². The Morgan fingerprint density at radius 1 is 1.29 bits per heavy atom. The van der Waals surface area contributed by atoms with Gasteiger partial charge in [-0.25, -0.2) is 9.37 Å². The van der Waals surface area contributed by atoms with Crippen LogP contribution in [-0.2, 0) is 6.54 Å². The Morgan fingerprint density at radius 3 is 2.71 bits per heavy atom. The average molecular weight is 309 g/mol. The molecule has 2 aromatic rings. The molecule has 21 heavy (non-hydrogen) atoms. The van der Waals surface area contributed by atoms with Crippen molar-refractivity contribution in [2.24, 2.45) is 5.92 Å². The molecule has 1 N–H and O–H groups in total. The van der Waals surface area contributed by atoms with Gasteiger partial charge < -0.3 is 10.1 Å². The number of nitrogens with one attached hydrogen (secondary N) is 1. The molecule has 0 aliphatic heterocycles. The number of nitrogens with zero attached hydrogens (tertiary/aromatic N) is 1. The zero-order valence-corrected chi connectivity index (χ0v) is 12.8. The summed E-state index contributed by atoms with van der Waals surface area (Å²) in [5.74, 6) is 0.892. The monoisotopic (exact) mass is 308 g/mol. The third-order valence-corrected chi connectivity index (χ3v) is 3.10. The second-order valence-corrected chi connectivity index (χ2v) is 5.61. The smallest absolute Gasteiger partial charge is 0.219 e. The Hall–Kier alpha value is -1.65. The predicted molar refractivity (Wildman–Crippen MR) is 82.3 cm³/mol. The number of aromatic nitrogens is 1. The third-order valence-electron chi connectivity index (χ3n) is 2.79. The highest BCUT2D eigenvalue weighted by Gasteiger charge is 2.04. The summed E-state index contributed by atoms with van der Waals surface area (Å²) in [6.45, 7) is 6.05. The van der Waals surface area contributed by atoms with Crippen LogP contribution in [0.15, 0.2) is 36.5 Å². The lowest BCUT2D eigenvalue weighted by Crippen LogP contribution is -2.18. The van der Waals surface area contributed by atoms with Crippen molar-refractivity contribution < 1.29 is 9.13 Å². The van der Waals surface area contributed by atoms with Crippen LogP contribution >= 0.6 is 11.6 Å². The van der Waals surface area contributed by atoms with Gasteiger partial charge in [0, 0.05) is 24.9 Å². The second-order valence-electron chi connectivity index (χ2n) is 5.21. The van der Waals surface area contributed by atoms with Gasteiger partial charge in [0.2, 0.25) is 5.88 Å². The van der Waals surface area contributed by atoms with Crippen molar-refractivity contribution in [2.75, 3.05) is 6.54 Å². The van der Waals surface area contributed by atoms with E-state index >= 15 is 0 Å². The maximum Gasteiger partial charge on any atom is 0.219 e. The molecule has 1 aromatic carbocycles. The first-order valence-electron chi connectivity index (χ1n) is 6.83. The van der Waals surface area contributed by atoms with Gasteiger partial charge in [0.05, 0.1) is 5.02 Å². The lowest BCUT2D eigenvalue weighted by atomic mass is 10.2. The molecule has 5 heteroatoms. The molecule has 1 aromatic heterocycles. The first-order valence-corrected chi connectivity index (χ1v) is 7.21. The van der Waals surface area contributed by atoms with Gasteiger partial charge in [-0.15, -0.1) is 0 Å². The van der Waals surface area contributed by atoms with E-state index in [1.807, 2.05) is 6.07 Å². The summed E-state index contributed by atoms with van der Waals surface area (Å²) in [7, 11) is 0. The molecule has 0 amide bonds. The van der Waals surface area contributed by atoms with Crippen molar-refractivity contribution in [2.45, 2.75) is 20.4 Å². The van der Waals surface area contributed by atoms with Crippen LogP contribution in [0.4, 0.5) is 4.39 Å². The number of hydrogen-bond acceptors (Lipinski definition) is 3. The molecular formula is C16H18ClFN2O. The van der Waals surface area contributed by atoms with Crippen LogP contribution < -0.4 is 10.1 Å². The topological polar surface area (TPSA) is 34.1 Å². The molecule has 0 aliphatic rings. The highest BCUT2D eigenvalue weighted by Crippen LogP contribution is 2.24. The average Bonchev–Trinajstić information content (AvgIpc) is 2.44. The largest absolute Gasteiger partial charge is 0.439 e. The van der Waals surface area contributed by atoms with E-state index < -0.39 is 5.82 Å². The molecule has 0 aliphatic carbocycles. The van der Waals surface area contributed by atoms with Gasteiger partial charge in [-0.2, -0.15) is 0 Å². The van der Waals surface area contributed by atoms with Crippen molar-refractivity contribution in [3.8, 4) is 11.6 Å². The fraction of sp³-hybridized carbons (Fsp3) is 0.312. The van der Waals surface area contributed by atoms with E-state index in [9.17, 15) is 4.39 Å². The lowest BCUT2D eigenvalue weighted by molar-refractivity contribution is 0.457. The van der Waals surface area contributed by atoms with Gasteiger partial charge >= 0.3 is 0 Å². The van der Waals surface area contributed by atoms with Crippen LogP contribution in [0.2, 0.25) is 5.02 Å². The molecular weight excluding hydrogens is 291 g/mol. The first-order chi connectivity index (χ1) is 10.0. The summed E-state index contributed by atoms with van der Waals surface area (Å²) in [6, 6.07) is 7.99. The SMILES string of the molecule is CC(C)CNCc1ccc(Oc2ccc(Cl)c(F)c2)nc1. The Labute approximate surface area is 129 Å². The number of pyridine rings is 1. The Balaban J connectivity index is 1.94. The van der Waals surface area contributed by atoms with Crippen molar-refractivity contribution in [1.29, 1.82) is 0 Å². The highest BCUT2D eigenvalue weighted by atomic mass is 35.5. The van der Waals surface area contributed by atoms with Gasteiger partial charge in [-0.3, -0.25) is 0 Å². The highest BCUT2D eigenvalue weighted by molar-refractivity contribution is 6.30. The number of ether oxygens (including phenoxy) is 1. The summed E-state index contributed by atoms with van der Waals surface area (Å²) in [4.78, 5) is 4.21. The van der Waals surface area contributed by atoms with E-state index in [0.717, 1.165) is 18.7 Å². The van der Waals surface area contributed by atoms with Crippen LogP contribution in [-0.4, -0.2) is 11.5 Å². The summed E-state index contributed by atoms with van der Waals surface area (Å²) >= 11 is 5.62. The molecule has 112 valence electrons. The van der Waals surface area contributed by atoms with E-state index in [1.54, 1.807) is 18.3 Å². The lowest BCUT2D eigenvalue weighted by Gasteiger charge is -2.08. The number of benzene rings is 1. The normalized spacial score (nSPS) is 10.9. The molecule has 0 bridgehead atoms. The quantitative estimate of drug-likeness (QED) is 0.858. The molecule has 0 atom stereocenters. The van der Waals surface area contributed by atoms with E-state index in [1.165, 1.54) is 12.1 Å². The fourth-order valence-corrected chi connectivity index (χ4v) is 1.86. The molecule has 3 nitrogen and oxygen atoms in total. The van der Waals surface area contributed by atoms with Crippen molar-refractivity contribution >= 4 is 11.6 Å². The Bertz CT molecular complexity index is 587. The molecule has 2 rings (SSSR count). The minimum atomic E-state index is -0.510. The zero-order valence-electron chi connectivity index (χ0n) is 12.1. The first kappa shape index (κ1) is 15.7. The number of rotatable bonds is 6. The van der Waals surface area contributed by atoms with Crippen molar-refractivity contribution in [3.63, 3.8) is 0 Å². The van der Waals surface area contributed by atoms with Gasteiger partial charge in [0.25, 0.3) is 0 Å². The Morgan fingerprint density at radius 2 is 2.10 bits per heavy atom. The van der Waals surface area contributed by atoms with Crippen LogP contribution in [0.5, 0.6) is 11.6 Å². The van der Waals surface area contributed by atoms with Crippen molar-refractivity contribution in [1.82, 2.24) is 10.3 Å². The summed E-state index contributed by atoms with van der Waals surface area (Å²) < 4.78 is 18.8. The number of halogens is 2. The zero-order chi connectivity index (χ0) is 15.2. The van der Waals surface area contributed by atoms with Gasteiger partial charge in [-0.1, -0.05) is 31.5 Å². The second kappa shape index (κ2) is 7.38. The van der Waals surface area contributed by atoms with Crippen LogP contribution in [0, 0.1) is 11.7 Å². The van der Waals surface area contributed by atoms with Gasteiger partial charge in [-0.05, 0) is 30.2 Å². The minimum Gasteiger partial charge on any atom is -0.439 e. The summed E-state index contributed by atoms with van der Waals surface area (Å²) in [6.07, 6.45) is 1.74. The van der Waals surface area contributed by atoms with Crippen LogP contribution in [0.25, 0.3) is 0 Å². The minimum absolute atomic E-state index is 0.0712. The van der Waals surface area contributed by atoms with Gasteiger partial charge in [0.15, 0.2) is 0 Å². The summed E-state index contributed by atoms with van der Waals surface area (Å²) in [5, 5.41) is 3.41. The summed E-state index contributed by atoms with van der Waals surface area (Å²) in [5.41, 5.74) is 1.07. The molecule has 0 saturated heterocycles. The van der Waals surface area contributed by atoms with Crippen LogP contribution in [0.1, 0.15) is 19.4 Å². The standard InChI is InChI=1S/C16H18ClFN2O/c1-11(2)8-19-9-12-3-6-16(20-10-12)21-13-4-5-14(17)15(18)7-13/h3-7,10-11,19H,8-9H2,1-2H3. The maximum atomic E-state index is 13.3. The molecule has 0 unspecified atom stereocenters. The van der Waals surface area contributed by atoms with E-state index in [-0.39, 0.29) is 5.02 Å². The third kappa shape index (κ3) is 4.99. The van der Waals surface area contributed by atoms with Crippen LogP contribution in [0.3, 0.4) is 0 Å². The number of hydrogen-bond donors (Lipinski definition) is 1. The Kier molecular flexibility index (Phi) is 5.53. The fourth-order valence-electron chi connectivity index (χ4n) is 1.74. The molecule has 0 radical (unpaired) electrons. The molecule has 0 spiro atoms. The van der Waals surface area contributed by atoms with Crippen molar-refractivity contribution in [3.05, 3.63) is 52.9 Å². The molecule has 0 fully saturated rings. The predicted octanol–water partition coefficient (Wildman–Crippen LogP) is 4.41. The van der Waals surface area contributed by atoms with E-state index in [4.69, 9.17) is 16.3 Å².